The van der Waals surface area contributed by atoms with Gasteiger partial charge in [0.1, 0.15) is 5.56 Å². The Balaban J connectivity index is 2.11. The van der Waals surface area contributed by atoms with Gasteiger partial charge in [0.15, 0.2) is 5.13 Å². The van der Waals surface area contributed by atoms with Gasteiger partial charge in [0.25, 0.3) is 11.6 Å². The highest BCUT2D eigenvalue weighted by molar-refractivity contribution is 7.22. The summed E-state index contributed by atoms with van der Waals surface area (Å²) in [6.45, 7) is 4.92. The van der Waals surface area contributed by atoms with Gasteiger partial charge >= 0.3 is 0 Å². The van der Waals surface area contributed by atoms with E-state index in [1.54, 1.807) is 0 Å². The maximum Gasteiger partial charge on any atom is 0.282 e. The molecule has 0 aliphatic carbocycles. The molecule has 0 N–H and O–H groups in total. The summed E-state index contributed by atoms with van der Waals surface area (Å²) in [5.41, 5.74) is 2.66. The number of carbonyl (C=O) groups excluding carboxylic acids is 1. The van der Waals surface area contributed by atoms with E-state index in [2.05, 4.69) is 11.1 Å². The number of nitro benzene ring substituents is 1. The van der Waals surface area contributed by atoms with E-state index in [0.717, 1.165) is 21.3 Å². The van der Waals surface area contributed by atoms with Crippen molar-refractivity contribution in [2.45, 2.75) is 13.8 Å². The second kappa shape index (κ2) is 8.44. The lowest BCUT2D eigenvalue weighted by atomic mass is 10.1. The third-order valence-corrected chi connectivity index (χ3v) is 5.91. The fraction of sp³-hybridized carbons (Fsp3) is 0.300. The fourth-order valence-corrected chi connectivity index (χ4v) is 4.26. The van der Waals surface area contributed by atoms with Crippen molar-refractivity contribution in [2.75, 3.05) is 32.1 Å². The van der Waals surface area contributed by atoms with Gasteiger partial charge in [-0.3, -0.25) is 19.8 Å². The Morgan fingerprint density at radius 2 is 1.93 bits per heavy atom. The first kappa shape index (κ1) is 21.2. The van der Waals surface area contributed by atoms with Crippen molar-refractivity contribution in [3.63, 3.8) is 0 Å². The Morgan fingerprint density at radius 3 is 2.59 bits per heavy atom. The molecule has 3 rings (SSSR count). The van der Waals surface area contributed by atoms with Crippen LogP contribution in [0, 0.1) is 24.0 Å². The maximum atomic E-state index is 13.4. The average Bonchev–Trinajstić information content (AvgIpc) is 3.05. The summed E-state index contributed by atoms with van der Waals surface area (Å²) in [6, 6.07) is 8.04. The Labute approximate surface area is 177 Å². The van der Waals surface area contributed by atoms with Crippen LogP contribution in [-0.2, 0) is 0 Å². The summed E-state index contributed by atoms with van der Waals surface area (Å²) in [5.74, 6) is -0.491. The number of thiazole rings is 1. The normalized spacial score (nSPS) is 11.2. The van der Waals surface area contributed by atoms with Gasteiger partial charge in [0.05, 0.1) is 15.1 Å². The Hall–Kier alpha value is -2.55. The highest BCUT2D eigenvalue weighted by Gasteiger charge is 2.28. The summed E-state index contributed by atoms with van der Waals surface area (Å²) < 4.78 is 0.994. The van der Waals surface area contributed by atoms with Crippen molar-refractivity contribution in [3.8, 4) is 0 Å². The lowest BCUT2D eigenvalue weighted by Crippen LogP contribution is -2.37. The van der Waals surface area contributed by atoms with Crippen molar-refractivity contribution in [3.05, 3.63) is 62.2 Å². The number of fused-ring (bicyclic) bond motifs is 1. The van der Waals surface area contributed by atoms with Crippen LogP contribution in [0.1, 0.15) is 21.5 Å². The van der Waals surface area contributed by atoms with E-state index >= 15 is 0 Å². The van der Waals surface area contributed by atoms with Crippen LogP contribution in [0.15, 0.2) is 30.3 Å². The largest absolute Gasteiger partial charge is 0.308 e. The smallest absolute Gasteiger partial charge is 0.282 e. The molecular formula is C20H21ClN4O3S. The molecule has 7 nitrogen and oxygen atoms in total. The molecule has 2 aromatic carbocycles. The maximum absolute atomic E-state index is 13.4. The summed E-state index contributed by atoms with van der Waals surface area (Å²) in [6.07, 6.45) is 0. The van der Waals surface area contributed by atoms with Crippen LogP contribution >= 0.6 is 22.9 Å². The predicted molar refractivity (Wildman–Crippen MR) is 117 cm³/mol. The third-order valence-electron chi connectivity index (χ3n) is 4.44. The molecule has 29 heavy (non-hydrogen) atoms. The van der Waals surface area contributed by atoms with Crippen LogP contribution < -0.4 is 4.90 Å². The van der Waals surface area contributed by atoms with Crippen LogP contribution in [0.2, 0.25) is 5.02 Å². The van der Waals surface area contributed by atoms with Gasteiger partial charge in [-0.05, 0) is 57.3 Å². The second-order valence-corrected chi connectivity index (χ2v) is 8.52. The van der Waals surface area contributed by atoms with Gasteiger partial charge in [0.2, 0.25) is 0 Å². The zero-order chi connectivity index (χ0) is 21.3. The van der Waals surface area contributed by atoms with Gasteiger partial charge in [-0.1, -0.05) is 29.0 Å². The molecule has 1 heterocycles. The number of rotatable bonds is 6. The Bertz CT molecular complexity index is 1100. The summed E-state index contributed by atoms with van der Waals surface area (Å²) in [7, 11) is 3.80. The van der Waals surface area contributed by atoms with E-state index in [1.165, 1.54) is 34.4 Å². The minimum atomic E-state index is -0.570. The van der Waals surface area contributed by atoms with E-state index in [0.29, 0.717) is 18.2 Å². The first-order valence-corrected chi connectivity index (χ1v) is 10.1. The molecule has 0 aliphatic heterocycles. The number of nitro groups is 1. The zero-order valence-electron chi connectivity index (χ0n) is 16.6. The van der Waals surface area contributed by atoms with Crippen LogP contribution in [0.5, 0.6) is 0 Å². The monoisotopic (exact) mass is 432 g/mol. The average molecular weight is 433 g/mol. The van der Waals surface area contributed by atoms with Gasteiger partial charge < -0.3 is 4.90 Å². The van der Waals surface area contributed by atoms with Crippen LogP contribution in [0.4, 0.5) is 10.8 Å². The van der Waals surface area contributed by atoms with E-state index in [1.807, 2.05) is 38.9 Å². The van der Waals surface area contributed by atoms with Crippen molar-refractivity contribution in [2.24, 2.45) is 0 Å². The Kier molecular flexibility index (Phi) is 6.16. The molecule has 0 saturated heterocycles. The van der Waals surface area contributed by atoms with Crippen LogP contribution in [-0.4, -0.2) is 47.9 Å². The summed E-state index contributed by atoms with van der Waals surface area (Å²) in [4.78, 5) is 32.4. The molecule has 1 amide bonds. The van der Waals surface area contributed by atoms with E-state index in [4.69, 9.17) is 11.6 Å². The Morgan fingerprint density at radius 1 is 1.21 bits per heavy atom. The number of likely N-dealkylation sites (N-methyl/N-ethyl adjacent to an activating group) is 1. The number of aromatic nitrogens is 1. The molecule has 0 bridgehead atoms. The number of carbonyl (C=O) groups is 1. The van der Waals surface area contributed by atoms with E-state index in [9.17, 15) is 14.9 Å². The molecule has 0 unspecified atom stereocenters. The molecule has 0 spiro atoms. The quantitative estimate of drug-likeness (QED) is 0.417. The van der Waals surface area contributed by atoms with Gasteiger partial charge in [0, 0.05) is 24.2 Å². The highest BCUT2D eigenvalue weighted by atomic mass is 35.5. The first-order chi connectivity index (χ1) is 13.7. The predicted octanol–water partition coefficient (Wildman–Crippen LogP) is 4.68. The second-order valence-electron chi connectivity index (χ2n) is 7.11. The summed E-state index contributed by atoms with van der Waals surface area (Å²) in [5, 5.41) is 12.2. The van der Waals surface area contributed by atoms with Crippen molar-refractivity contribution in [1.82, 2.24) is 9.88 Å². The molecule has 152 valence electrons. The number of nitrogens with zero attached hydrogens (tertiary/aromatic N) is 4. The van der Waals surface area contributed by atoms with Gasteiger partial charge in [-0.15, -0.1) is 0 Å². The molecule has 3 aromatic rings. The van der Waals surface area contributed by atoms with Gasteiger partial charge in [-0.2, -0.15) is 0 Å². The molecule has 0 saturated carbocycles. The van der Waals surface area contributed by atoms with Crippen LogP contribution in [0.3, 0.4) is 0 Å². The minimum Gasteiger partial charge on any atom is -0.308 e. The number of benzene rings is 2. The molecule has 0 fully saturated rings. The van der Waals surface area contributed by atoms with Crippen LogP contribution in [0.25, 0.3) is 10.2 Å². The molecule has 0 atom stereocenters. The van der Waals surface area contributed by atoms with E-state index in [-0.39, 0.29) is 16.3 Å². The molecule has 0 aliphatic rings. The third kappa shape index (κ3) is 4.55. The number of hydrogen-bond donors (Lipinski definition) is 0. The fourth-order valence-electron chi connectivity index (χ4n) is 3.05. The SMILES string of the molecule is Cc1cc(C)c2sc(N(CCN(C)C)C(=O)c3cc(Cl)ccc3[N+](=O)[O-])nc2c1. The van der Waals surface area contributed by atoms with Crippen molar-refractivity contribution >= 4 is 49.9 Å². The number of hydrogen-bond acceptors (Lipinski definition) is 6. The van der Waals surface area contributed by atoms with Crippen molar-refractivity contribution < 1.29 is 9.72 Å². The van der Waals surface area contributed by atoms with Crippen molar-refractivity contribution in [1.29, 1.82) is 0 Å². The topological polar surface area (TPSA) is 79.6 Å². The van der Waals surface area contributed by atoms with Gasteiger partial charge in [-0.25, -0.2) is 4.98 Å². The first-order valence-electron chi connectivity index (χ1n) is 8.95. The molecule has 0 radical (unpaired) electrons. The standard InChI is InChI=1S/C20H21ClN4O3S/c1-12-9-13(2)18-16(10-12)22-20(29-18)24(8-7-23(3)4)19(26)15-11-14(21)5-6-17(15)25(27)28/h5-6,9-11H,7-8H2,1-4H3. The molecule has 1 aromatic heterocycles. The van der Waals surface area contributed by atoms with E-state index < -0.39 is 10.8 Å². The lowest BCUT2D eigenvalue weighted by molar-refractivity contribution is -0.385. The minimum absolute atomic E-state index is 0.0478. The number of halogens is 1. The highest BCUT2D eigenvalue weighted by Crippen LogP contribution is 2.34. The number of aryl methyl sites for hydroxylation is 2. The lowest BCUT2D eigenvalue weighted by Gasteiger charge is -2.22. The zero-order valence-corrected chi connectivity index (χ0v) is 18.2. The summed E-state index contributed by atoms with van der Waals surface area (Å²) >= 11 is 7.44. The molecule has 9 heteroatoms. The molecular weight excluding hydrogens is 412 g/mol. The number of amides is 1. The number of anilines is 1.